The van der Waals surface area contributed by atoms with E-state index < -0.39 is 18.2 Å². The molecule has 0 fully saturated rings. The number of phenolic OH excluding ortho intramolecular Hbond substituents is 1. The Bertz CT molecular complexity index is 623. The molecule has 5 nitrogen and oxygen atoms in total. The Morgan fingerprint density at radius 3 is 2.45 bits per heavy atom. The predicted molar refractivity (Wildman–Crippen MR) is 73.2 cm³/mol. The van der Waals surface area contributed by atoms with Gasteiger partial charge < -0.3 is 20.1 Å². The van der Waals surface area contributed by atoms with Crippen molar-refractivity contribution in [2.24, 2.45) is 0 Å². The average molecular weight is 276 g/mol. The zero-order valence-electron chi connectivity index (χ0n) is 11.0. The van der Waals surface area contributed by atoms with Crippen LogP contribution in [0.5, 0.6) is 5.75 Å². The second-order valence-corrected chi connectivity index (χ2v) is 4.51. The third kappa shape index (κ3) is 2.74. The number of carbonyl (C=O) groups excluding carboxylic acids is 1. The van der Waals surface area contributed by atoms with Gasteiger partial charge in [-0.2, -0.15) is 0 Å². The van der Waals surface area contributed by atoms with Crippen LogP contribution in [-0.2, 0) is 9.53 Å². The lowest BCUT2D eigenvalue weighted by Crippen LogP contribution is -2.22. The Labute approximate surface area is 116 Å². The number of rotatable bonds is 4. The lowest BCUT2D eigenvalue weighted by molar-refractivity contribution is -0.144. The highest BCUT2D eigenvalue weighted by Gasteiger charge is 2.23. The highest BCUT2D eigenvalue weighted by Crippen LogP contribution is 2.32. The molecule has 0 saturated heterocycles. The summed E-state index contributed by atoms with van der Waals surface area (Å²) in [6.07, 6.45) is -2.80. The van der Waals surface area contributed by atoms with E-state index in [4.69, 9.17) is 0 Å². The van der Waals surface area contributed by atoms with E-state index in [9.17, 15) is 20.1 Å². The Morgan fingerprint density at radius 2 is 1.80 bits per heavy atom. The number of ether oxygens (including phenoxy) is 1. The minimum Gasteiger partial charge on any atom is -0.507 e. The van der Waals surface area contributed by atoms with Crippen molar-refractivity contribution in [3.05, 3.63) is 42.0 Å². The number of hydrogen-bond donors (Lipinski definition) is 3. The number of aromatic hydroxyl groups is 1. The van der Waals surface area contributed by atoms with E-state index in [1.165, 1.54) is 19.2 Å². The van der Waals surface area contributed by atoms with Crippen LogP contribution in [0.2, 0.25) is 0 Å². The first-order valence-electron chi connectivity index (χ1n) is 6.18. The Balaban J connectivity index is 2.37. The molecule has 0 amide bonds. The number of carbonyl (C=O) groups is 1. The maximum atomic E-state index is 11.1. The molecule has 0 heterocycles. The third-order valence-electron chi connectivity index (χ3n) is 3.22. The van der Waals surface area contributed by atoms with Gasteiger partial charge in [0.15, 0.2) is 0 Å². The van der Waals surface area contributed by atoms with E-state index in [1.54, 1.807) is 24.3 Å². The van der Waals surface area contributed by atoms with Gasteiger partial charge >= 0.3 is 5.97 Å². The second kappa shape index (κ2) is 5.90. The summed E-state index contributed by atoms with van der Waals surface area (Å²) in [5.74, 6) is -0.501. The summed E-state index contributed by atoms with van der Waals surface area (Å²) in [5.41, 5.74) is 0.454. The fraction of sp³-hybridized carbons (Fsp3) is 0.267. The maximum Gasteiger partial charge on any atom is 0.308 e. The van der Waals surface area contributed by atoms with Gasteiger partial charge in [0.1, 0.15) is 11.9 Å². The van der Waals surface area contributed by atoms with Crippen LogP contribution in [0.4, 0.5) is 0 Å². The van der Waals surface area contributed by atoms with Gasteiger partial charge in [-0.05, 0) is 17.0 Å². The number of aliphatic hydroxyl groups is 2. The normalized spacial score (nSPS) is 13.9. The van der Waals surface area contributed by atoms with Crippen molar-refractivity contribution in [2.45, 2.75) is 18.6 Å². The third-order valence-corrected chi connectivity index (χ3v) is 3.22. The lowest BCUT2D eigenvalue weighted by atomic mass is 9.95. The molecule has 0 aliphatic heterocycles. The van der Waals surface area contributed by atoms with Crippen molar-refractivity contribution < 1.29 is 24.9 Å². The number of methoxy groups -OCH3 is 1. The van der Waals surface area contributed by atoms with Crippen molar-refractivity contribution in [2.75, 3.05) is 7.11 Å². The zero-order chi connectivity index (χ0) is 14.7. The molecule has 0 radical (unpaired) electrons. The molecule has 106 valence electrons. The molecule has 0 aliphatic rings. The molecule has 2 unspecified atom stereocenters. The van der Waals surface area contributed by atoms with Crippen LogP contribution in [0.3, 0.4) is 0 Å². The minimum atomic E-state index is -1.27. The average Bonchev–Trinajstić information content (AvgIpc) is 2.47. The van der Waals surface area contributed by atoms with Crippen molar-refractivity contribution >= 4 is 16.7 Å². The summed E-state index contributed by atoms with van der Waals surface area (Å²) in [6.45, 7) is 0. The largest absolute Gasteiger partial charge is 0.507 e. The van der Waals surface area contributed by atoms with Crippen molar-refractivity contribution in [3.63, 3.8) is 0 Å². The monoisotopic (exact) mass is 276 g/mol. The van der Waals surface area contributed by atoms with Gasteiger partial charge in [0.05, 0.1) is 19.6 Å². The summed E-state index contributed by atoms with van der Waals surface area (Å²) < 4.78 is 4.46. The molecular formula is C15H16O5. The van der Waals surface area contributed by atoms with Crippen molar-refractivity contribution in [1.82, 2.24) is 0 Å². The Kier molecular flexibility index (Phi) is 4.22. The summed E-state index contributed by atoms with van der Waals surface area (Å²) >= 11 is 0. The first-order chi connectivity index (χ1) is 9.54. The van der Waals surface area contributed by atoms with E-state index in [-0.39, 0.29) is 12.2 Å². The van der Waals surface area contributed by atoms with Gasteiger partial charge in [0.2, 0.25) is 0 Å². The van der Waals surface area contributed by atoms with Crippen LogP contribution in [0.1, 0.15) is 18.1 Å². The summed E-state index contributed by atoms with van der Waals surface area (Å²) in [6, 6.07) is 9.97. The predicted octanol–water partition coefficient (Wildman–Crippen LogP) is 1.50. The second-order valence-electron chi connectivity index (χ2n) is 4.51. The fourth-order valence-corrected chi connectivity index (χ4v) is 2.14. The standard InChI is InChI=1S/C15H16O5/c1-20-14(18)8-13(17)15(19)11-6-7-12(16)10-5-3-2-4-9(10)11/h2-7,13,15-17,19H,8H2,1H3. The van der Waals surface area contributed by atoms with Gasteiger partial charge in [-0.15, -0.1) is 0 Å². The number of hydrogen-bond acceptors (Lipinski definition) is 5. The molecule has 2 aromatic rings. The summed E-state index contributed by atoms with van der Waals surface area (Å²) in [7, 11) is 1.22. The molecule has 0 saturated carbocycles. The molecule has 0 aliphatic carbocycles. The van der Waals surface area contributed by atoms with Crippen LogP contribution in [0.15, 0.2) is 36.4 Å². The van der Waals surface area contributed by atoms with E-state index >= 15 is 0 Å². The molecule has 3 N–H and O–H groups in total. The molecule has 0 bridgehead atoms. The minimum absolute atomic E-state index is 0.0963. The van der Waals surface area contributed by atoms with Gasteiger partial charge in [-0.3, -0.25) is 4.79 Å². The number of fused-ring (bicyclic) bond motifs is 1. The molecule has 5 heteroatoms. The zero-order valence-corrected chi connectivity index (χ0v) is 11.0. The molecule has 0 aromatic heterocycles. The highest BCUT2D eigenvalue weighted by molar-refractivity contribution is 5.91. The van der Waals surface area contributed by atoms with E-state index in [1.807, 2.05) is 0 Å². The van der Waals surface area contributed by atoms with Gasteiger partial charge in [-0.25, -0.2) is 0 Å². The molecule has 20 heavy (non-hydrogen) atoms. The summed E-state index contributed by atoms with van der Waals surface area (Å²) in [4.78, 5) is 11.1. The smallest absolute Gasteiger partial charge is 0.308 e. The number of aliphatic hydroxyl groups excluding tert-OH is 2. The topological polar surface area (TPSA) is 87.0 Å². The summed E-state index contributed by atoms with van der Waals surface area (Å²) in [5, 5.41) is 31.1. The maximum absolute atomic E-state index is 11.1. The first kappa shape index (κ1) is 14.3. The van der Waals surface area contributed by atoms with Crippen molar-refractivity contribution in [1.29, 1.82) is 0 Å². The van der Waals surface area contributed by atoms with Crippen LogP contribution < -0.4 is 0 Å². The number of benzene rings is 2. The fourth-order valence-electron chi connectivity index (χ4n) is 2.14. The molecule has 2 atom stereocenters. The van der Waals surface area contributed by atoms with Crippen molar-refractivity contribution in [3.8, 4) is 5.75 Å². The van der Waals surface area contributed by atoms with Gasteiger partial charge in [0, 0.05) is 5.39 Å². The SMILES string of the molecule is COC(=O)CC(O)C(O)c1ccc(O)c2ccccc12. The van der Waals surface area contributed by atoms with E-state index in [0.717, 1.165) is 0 Å². The van der Waals surface area contributed by atoms with Gasteiger partial charge in [-0.1, -0.05) is 30.3 Å². The van der Waals surface area contributed by atoms with Gasteiger partial charge in [0.25, 0.3) is 0 Å². The number of esters is 1. The highest BCUT2D eigenvalue weighted by atomic mass is 16.5. The van der Waals surface area contributed by atoms with Crippen LogP contribution in [-0.4, -0.2) is 34.5 Å². The number of phenols is 1. The van der Waals surface area contributed by atoms with Crippen LogP contribution in [0.25, 0.3) is 10.8 Å². The Morgan fingerprint density at radius 1 is 1.15 bits per heavy atom. The Hall–Kier alpha value is -2.11. The first-order valence-corrected chi connectivity index (χ1v) is 6.18. The van der Waals surface area contributed by atoms with Crippen LogP contribution >= 0.6 is 0 Å². The van der Waals surface area contributed by atoms with E-state index in [0.29, 0.717) is 16.3 Å². The lowest BCUT2D eigenvalue weighted by Gasteiger charge is -2.19. The quantitative estimate of drug-likeness (QED) is 0.737. The van der Waals surface area contributed by atoms with E-state index in [2.05, 4.69) is 4.74 Å². The van der Waals surface area contributed by atoms with Crippen LogP contribution in [0, 0.1) is 0 Å². The molecule has 2 rings (SSSR count). The molecule has 2 aromatic carbocycles. The molecule has 0 spiro atoms. The molecular weight excluding hydrogens is 260 g/mol.